The molecule has 3 fully saturated rings. The number of piperidine rings is 1. The standard InChI is InChI=1S/C21H37NO2/c1-16-12-17(15-21(2,3)14-16)13-20(23)22-10-8-19(9-11-22)24-18-6-4-5-7-18/h16-19H,4-15H2,1-3H3/t16-,17-/m1/s1. The highest BCUT2D eigenvalue weighted by atomic mass is 16.5. The van der Waals surface area contributed by atoms with Crippen molar-refractivity contribution in [2.45, 2.75) is 97.2 Å². The lowest BCUT2D eigenvalue weighted by Gasteiger charge is -2.40. The van der Waals surface area contributed by atoms with E-state index < -0.39 is 0 Å². The van der Waals surface area contributed by atoms with Crippen molar-refractivity contribution in [1.82, 2.24) is 4.90 Å². The lowest BCUT2D eigenvalue weighted by molar-refractivity contribution is -0.136. The molecule has 3 nitrogen and oxygen atoms in total. The van der Waals surface area contributed by atoms with Gasteiger partial charge in [-0.3, -0.25) is 4.79 Å². The van der Waals surface area contributed by atoms with Crippen LogP contribution in [0.4, 0.5) is 0 Å². The Balaban J connectivity index is 1.41. The van der Waals surface area contributed by atoms with Crippen LogP contribution in [-0.4, -0.2) is 36.1 Å². The van der Waals surface area contributed by atoms with E-state index in [1.807, 2.05) is 0 Å². The van der Waals surface area contributed by atoms with Gasteiger partial charge in [-0.05, 0) is 62.2 Å². The summed E-state index contributed by atoms with van der Waals surface area (Å²) in [5.74, 6) is 1.74. The first-order chi connectivity index (χ1) is 11.4. The maximum absolute atomic E-state index is 12.7. The lowest BCUT2D eigenvalue weighted by atomic mass is 9.67. The van der Waals surface area contributed by atoms with Crippen LogP contribution in [0.25, 0.3) is 0 Å². The predicted molar refractivity (Wildman–Crippen MR) is 97.8 cm³/mol. The average Bonchev–Trinajstić information content (AvgIpc) is 2.98. The van der Waals surface area contributed by atoms with Crippen LogP contribution in [0.5, 0.6) is 0 Å². The third-order valence-corrected chi connectivity index (χ3v) is 6.42. The minimum atomic E-state index is 0.393. The molecule has 3 rings (SSSR count). The highest BCUT2D eigenvalue weighted by Crippen LogP contribution is 2.43. The Morgan fingerprint density at radius 3 is 2.29 bits per heavy atom. The van der Waals surface area contributed by atoms with Crippen molar-refractivity contribution in [2.75, 3.05) is 13.1 Å². The smallest absolute Gasteiger partial charge is 0.222 e. The molecule has 1 heterocycles. The fourth-order valence-corrected chi connectivity index (χ4v) is 5.61. The average molecular weight is 336 g/mol. The third-order valence-electron chi connectivity index (χ3n) is 6.42. The number of ether oxygens (including phenoxy) is 1. The summed E-state index contributed by atoms with van der Waals surface area (Å²) in [6.07, 6.45) is 12.6. The maximum atomic E-state index is 12.7. The van der Waals surface area contributed by atoms with Gasteiger partial charge in [-0.2, -0.15) is 0 Å². The van der Waals surface area contributed by atoms with Gasteiger partial charge in [-0.25, -0.2) is 0 Å². The molecule has 0 aromatic rings. The largest absolute Gasteiger partial charge is 0.375 e. The second kappa shape index (κ2) is 7.76. The van der Waals surface area contributed by atoms with E-state index in [0.717, 1.165) is 38.3 Å². The Labute approximate surface area is 148 Å². The van der Waals surface area contributed by atoms with Gasteiger partial charge in [0.25, 0.3) is 0 Å². The lowest BCUT2D eigenvalue weighted by Crippen LogP contribution is -2.42. The van der Waals surface area contributed by atoms with Gasteiger partial charge in [0.05, 0.1) is 12.2 Å². The van der Waals surface area contributed by atoms with E-state index in [9.17, 15) is 4.79 Å². The molecule has 0 bridgehead atoms. The minimum Gasteiger partial charge on any atom is -0.375 e. The number of rotatable bonds is 4. The Hall–Kier alpha value is -0.570. The molecular weight excluding hydrogens is 298 g/mol. The summed E-state index contributed by atoms with van der Waals surface area (Å²) < 4.78 is 6.23. The van der Waals surface area contributed by atoms with Gasteiger partial charge in [0.15, 0.2) is 0 Å². The molecule has 0 aromatic carbocycles. The Bertz CT molecular complexity index is 420. The zero-order chi connectivity index (χ0) is 17.2. The fraction of sp³-hybridized carbons (Fsp3) is 0.952. The molecule has 0 radical (unpaired) electrons. The highest BCUT2D eigenvalue weighted by Gasteiger charge is 2.34. The van der Waals surface area contributed by atoms with Crippen LogP contribution in [0, 0.1) is 17.3 Å². The molecule has 3 aliphatic rings. The van der Waals surface area contributed by atoms with Crippen LogP contribution in [0.15, 0.2) is 0 Å². The first-order valence-corrected chi connectivity index (χ1v) is 10.3. The van der Waals surface area contributed by atoms with Gasteiger partial charge in [0.2, 0.25) is 5.91 Å². The summed E-state index contributed by atoms with van der Waals surface area (Å²) in [6, 6.07) is 0. The van der Waals surface area contributed by atoms with Crippen molar-refractivity contribution in [2.24, 2.45) is 17.3 Å². The molecule has 0 N–H and O–H groups in total. The monoisotopic (exact) mass is 335 g/mol. The number of carbonyl (C=O) groups is 1. The molecule has 2 aliphatic carbocycles. The second-order valence-electron chi connectivity index (χ2n) is 9.61. The van der Waals surface area contributed by atoms with Gasteiger partial charge in [0.1, 0.15) is 0 Å². The molecule has 0 spiro atoms. The molecule has 3 heteroatoms. The SMILES string of the molecule is C[C@@H]1C[C@H](CC(=O)N2CCC(OC3CCCC3)CC2)CC(C)(C)C1. The first kappa shape index (κ1) is 18.2. The van der Waals surface area contributed by atoms with E-state index in [0.29, 0.717) is 29.4 Å². The zero-order valence-corrected chi connectivity index (χ0v) is 16.1. The fourth-order valence-electron chi connectivity index (χ4n) is 5.61. The molecule has 1 saturated heterocycles. The van der Waals surface area contributed by atoms with Gasteiger partial charge in [-0.15, -0.1) is 0 Å². The number of carbonyl (C=O) groups excluding carboxylic acids is 1. The van der Waals surface area contributed by atoms with Crippen LogP contribution in [-0.2, 0) is 9.53 Å². The normalized spacial score (nSPS) is 32.2. The van der Waals surface area contributed by atoms with E-state index in [4.69, 9.17) is 4.74 Å². The Morgan fingerprint density at radius 2 is 1.67 bits per heavy atom. The van der Waals surface area contributed by atoms with E-state index in [1.165, 1.54) is 44.9 Å². The van der Waals surface area contributed by atoms with E-state index in [-0.39, 0.29) is 0 Å². The summed E-state index contributed by atoms with van der Waals surface area (Å²) in [5, 5.41) is 0. The summed E-state index contributed by atoms with van der Waals surface area (Å²) in [5.41, 5.74) is 0.407. The molecule has 1 amide bonds. The Morgan fingerprint density at radius 1 is 1.04 bits per heavy atom. The molecule has 2 saturated carbocycles. The maximum Gasteiger partial charge on any atom is 0.222 e. The number of nitrogens with zero attached hydrogens (tertiary/aromatic N) is 1. The highest BCUT2D eigenvalue weighted by molar-refractivity contribution is 5.76. The molecule has 2 atom stereocenters. The number of hydrogen-bond donors (Lipinski definition) is 0. The first-order valence-electron chi connectivity index (χ1n) is 10.3. The zero-order valence-electron chi connectivity index (χ0n) is 16.1. The number of likely N-dealkylation sites (tertiary alicyclic amines) is 1. The van der Waals surface area contributed by atoms with Crippen molar-refractivity contribution in [3.63, 3.8) is 0 Å². The van der Waals surface area contributed by atoms with E-state index >= 15 is 0 Å². The minimum absolute atomic E-state index is 0.393. The topological polar surface area (TPSA) is 29.5 Å². The van der Waals surface area contributed by atoms with E-state index in [2.05, 4.69) is 25.7 Å². The van der Waals surface area contributed by atoms with Gasteiger partial charge >= 0.3 is 0 Å². The van der Waals surface area contributed by atoms with Gasteiger partial charge in [-0.1, -0.05) is 33.6 Å². The summed E-state index contributed by atoms with van der Waals surface area (Å²) in [6.45, 7) is 8.89. The third kappa shape index (κ3) is 4.97. The van der Waals surface area contributed by atoms with Crippen LogP contribution >= 0.6 is 0 Å². The molecule has 0 aromatic heterocycles. The number of hydrogen-bond acceptors (Lipinski definition) is 2. The van der Waals surface area contributed by atoms with Crippen LogP contribution < -0.4 is 0 Å². The molecule has 138 valence electrons. The van der Waals surface area contributed by atoms with Crippen molar-refractivity contribution in [3.05, 3.63) is 0 Å². The molecule has 24 heavy (non-hydrogen) atoms. The van der Waals surface area contributed by atoms with Crippen molar-refractivity contribution in [1.29, 1.82) is 0 Å². The van der Waals surface area contributed by atoms with Gasteiger partial charge in [0, 0.05) is 19.5 Å². The van der Waals surface area contributed by atoms with Crippen molar-refractivity contribution < 1.29 is 9.53 Å². The molecular formula is C21H37NO2. The predicted octanol–water partition coefficient (Wildman–Crippen LogP) is 4.79. The van der Waals surface area contributed by atoms with Gasteiger partial charge < -0.3 is 9.64 Å². The van der Waals surface area contributed by atoms with Crippen LogP contribution in [0.2, 0.25) is 0 Å². The van der Waals surface area contributed by atoms with Crippen molar-refractivity contribution >= 4 is 5.91 Å². The molecule has 0 unspecified atom stereocenters. The van der Waals surface area contributed by atoms with Crippen LogP contribution in [0.3, 0.4) is 0 Å². The quantitative estimate of drug-likeness (QED) is 0.739. The molecule has 1 aliphatic heterocycles. The number of amides is 1. The summed E-state index contributed by atoms with van der Waals surface area (Å²) >= 11 is 0. The summed E-state index contributed by atoms with van der Waals surface area (Å²) in [4.78, 5) is 14.8. The van der Waals surface area contributed by atoms with E-state index in [1.54, 1.807) is 0 Å². The van der Waals surface area contributed by atoms with Crippen LogP contribution in [0.1, 0.15) is 85.0 Å². The summed E-state index contributed by atoms with van der Waals surface area (Å²) in [7, 11) is 0. The van der Waals surface area contributed by atoms with Crippen molar-refractivity contribution in [3.8, 4) is 0 Å². The second-order valence-corrected chi connectivity index (χ2v) is 9.61. The Kier molecular flexibility index (Phi) is 5.89.